The molecule has 0 saturated carbocycles. The van der Waals surface area contributed by atoms with E-state index in [1.54, 1.807) is 6.20 Å². The minimum Gasteiger partial charge on any atom is -0.361 e. The summed E-state index contributed by atoms with van der Waals surface area (Å²) in [5, 5.41) is 18.2. The zero-order valence-electron chi connectivity index (χ0n) is 11.8. The van der Waals surface area contributed by atoms with Crippen molar-refractivity contribution in [3.05, 3.63) is 45.8 Å². The van der Waals surface area contributed by atoms with Gasteiger partial charge in [0, 0.05) is 43.1 Å². The van der Waals surface area contributed by atoms with E-state index in [4.69, 9.17) is 0 Å². The highest BCUT2D eigenvalue weighted by Gasteiger charge is 2.26. The maximum atomic E-state index is 11.6. The van der Waals surface area contributed by atoms with Crippen LogP contribution < -0.4 is 4.90 Å². The lowest BCUT2D eigenvalue weighted by Gasteiger charge is -2.28. The summed E-state index contributed by atoms with van der Waals surface area (Å²) in [4.78, 5) is 12.6. The van der Waals surface area contributed by atoms with Gasteiger partial charge in [-0.1, -0.05) is 0 Å². The standard InChI is InChI=1S/C13H14N4O4S/c1-22(20,21)10-2-3-12(13(6-10)17(18)19)16-5-4-11-9(8-16)7-14-15-11/h2-3,6-7H,4-5,8H2,1H3,(H,14,15). The minimum atomic E-state index is -3.48. The number of hydrogen-bond donors (Lipinski definition) is 1. The molecule has 0 spiro atoms. The molecule has 116 valence electrons. The number of nitrogens with zero attached hydrogens (tertiary/aromatic N) is 3. The summed E-state index contributed by atoms with van der Waals surface area (Å²) in [6.07, 6.45) is 3.45. The summed E-state index contributed by atoms with van der Waals surface area (Å²) in [7, 11) is -3.48. The Hall–Kier alpha value is -2.42. The number of anilines is 1. The van der Waals surface area contributed by atoms with Crippen molar-refractivity contribution in [2.24, 2.45) is 0 Å². The number of nitro benzene ring substituents is 1. The van der Waals surface area contributed by atoms with E-state index in [9.17, 15) is 18.5 Å². The fourth-order valence-corrected chi connectivity index (χ4v) is 3.22. The molecule has 2 aromatic rings. The molecule has 0 radical (unpaired) electrons. The molecule has 9 heteroatoms. The van der Waals surface area contributed by atoms with Gasteiger partial charge >= 0.3 is 0 Å². The Labute approximate surface area is 126 Å². The Bertz CT molecular complexity index is 843. The molecular formula is C13H14N4O4S. The Balaban J connectivity index is 2.02. The molecule has 1 aliphatic rings. The molecule has 0 amide bonds. The largest absolute Gasteiger partial charge is 0.361 e. The van der Waals surface area contributed by atoms with Gasteiger partial charge in [0.05, 0.1) is 16.0 Å². The third-order valence-corrected chi connectivity index (χ3v) is 4.82. The fraction of sp³-hybridized carbons (Fsp3) is 0.308. The molecule has 0 atom stereocenters. The molecule has 1 N–H and O–H groups in total. The highest BCUT2D eigenvalue weighted by molar-refractivity contribution is 7.90. The predicted octanol–water partition coefficient (Wildman–Crippen LogP) is 1.28. The normalized spacial score (nSPS) is 14.7. The van der Waals surface area contributed by atoms with Gasteiger partial charge in [0.15, 0.2) is 9.84 Å². The van der Waals surface area contributed by atoms with E-state index < -0.39 is 14.8 Å². The second-order valence-corrected chi connectivity index (χ2v) is 7.24. The lowest BCUT2D eigenvalue weighted by Crippen LogP contribution is -2.30. The Morgan fingerprint density at radius 2 is 2.18 bits per heavy atom. The fourth-order valence-electron chi connectivity index (χ4n) is 2.58. The number of fused-ring (bicyclic) bond motifs is 1. The van der Waals surface area contributed by atoms with Crippen molar-refractivity contribution in [1.82, 2.24) is 10.2 Å². The number of aromatic amines is 1. The van der Waals surface area contributed by atoms with Crippen molar-refractivity contribution in [3.8, 4) is 0 Å². The van der Waals surface area contributed by atoms with Gasteiger partial charge in [-0.2, -0.15) is 5.10 Å². The first-order valence-corrected chi connectivity index (χ1v) is 8.50. The van der Waals surface area contributed by atoms with Crippen LogP contribution in [-0.2, 0) is 22.8 Å². The van der Waals surface area contributed by atoms with Gasteiger partial charge in [-0.05, 0) is 12.1 Å². The Morgan fingerprint density at radius 3 is 2.86 bits per heavy atom. The molecule has 8 nitrogen and oxygen atoms in total. The maximum absolute atomic E-state index is 11.6. The second kappa shape index (κ2) is 5.09. The van der Waals surface area contributed by atoms with Crippen LogP contribution in [0, 0.1) is 10.1 Å². The van der Waals surface area contributed by atoms with Crippen LogP contribution in [0.2, 0.25) is 0 Å². The SMILES string of the molecule is CS(=O)(=O)c1ccc(N2CCc3[nH]ncc3C2)c([N+](=O)[O-])c1. The molecule has 0 bridgehead atoms. The smallest absolute Gasteiger partial charge is 0.293 e. The number of H-pyrrole nitrogens is 1. The topological polar surface area (TPSA) is 109 Å². The summed E-state index contributed by atoms with van der Waals surface area (Å²) in [6.45, 7) is 1.11. The van der Waals surface area contributed by atoms with E-state index >= 15 is 0 Å². The summed E-state index contributed by atoms with van der Waals surface area (Å²) < 4.78 is 23.2. The van der Waals surface area contributed by atoms with Gasteiger partial charge in [0.25, 0.3) is 5.69 Å². The summed E-state index contributed by atoms with van der Waals surface area (Å²) in [5.74, 6) is 0. The lowest BCUT2D eigenvalue weighted by atomic mass is 10.1. The first-order valence-electron chi connectivity index (χ1n) is 6.61. The van der Waals surface area contributed by atoms with Crippen molar-refractivity contribution in [2.75, 3.05) is 17.7 Å². The van der Waals surface area contributed by atoms with Gasteiger partial charge in [-0.15, -0.1) is 0 Å². The van der Waals surface area contributed by atoms with Crippen LogP contribution in [0.25, 0.3) is 0 Å². The minimum absolute atomic E-state index is 0.0519. The average Bonchev–Trinajstić information content (AvgIpc) is 2.92. The molecule has 0 aliphatic carbocycles. The van der Waals surface area contributed by atoms with Gasteiger partial charge < -0.3 is 4.90 Å². The third kappa shape index (κ3) is 2.54. The first-order chi connectivity index (χ1) is 10.4. The van der Waals surface area contributed by atoms with Crippen molar-refractivity contribution in [3.63, 3.8) is 0 Å². The molecular weight excluding hydrogens is 308 g/mol. The number of sulfone groups is 1. The summed E-state index contributed by atoms with van der Waals surface area (Å²) in [5.41, 5.74) is 2.25. The Morgan fingerprint density at radius 1 is 1.41 bits per heavy atom. The number of rotatable bonds is 3. The molecule has 0 saturated heterocycles. The first kappa shape index (κ1) is 14.5. The van der Waals surface area contributed by atoms with Crippen LogP contribution in [0.4, 0.5) is 11.4 Å². The molecule has 3 rings (SSSR count). The van der Waals surface area contributed by atoms with E-state index in [2.05, 4.69) is 10.2 Å². The average molecular weight is 322 g/mol. The number of nitrogens with one attached hydrogen (secondary N) is 1. The lowest BCUT2D eigenvalue weighted by molar-refractivity contribution is -0.384. The molecule has 1 aliphatic heterocycles. The number of aromatic nitrogens is 2. The van der Waals surface area contributed by atoms with Gasteiger partial charge in [-0.25, -0.2) is 8.42 Å². The van der Waals surface area contributed by atoms with E-state index in [1.807, 2.05) is 4.90 Å². The molecule has 1 aromatic carbocycles. The van der Waals surface area contributed by atoms with Crippen LogP contribution in [0.3, 0.4) is 0 Å². The summed E-state index contributed by atoms with van der Waals surface area (Å²) in [6, 6.07) is 4.03. The Kier molecular flexibility index (Phi) is 3.36. The van der Waals surface area contributed by atoms with Crippen LogP contribution in [0.5, 0.6) is 0 Å². The molecule has 1 aromatic heterocycles. The maximum Gasteiger partial charge on any atom is 0.293 e. The molecule has 0 fully saturated rings. The number of benzene rings is 1. The van der Waals surface area contributed by atoms with E-state index in [1.165, 1.54) is 12.1 Å². The highest BCUT2D eigenvalue weighted by Crippen LogP contribution is 2.33. The zero-order chi connectivity index (χ0) is 15.9. The van der Waals surface area contributed by atoms with Crippen LogP contribution in [0.15, 0.2) is 29.3 Å². The summed E-state index contributed by atoms with van der Waals surface area (Å²) >= 11 is 0. The van der Waals surface area contributed by atoms with Crippen molar-refractivity contribution in [2.45, 2.75) is 17.9 Å². The van der Waals surface area contributed by atoms with E-state index in [-0.39, 0.29) is 10.6 Å². The number of hydrogen-bond acceptors (Lipinski definition) is 6. The van der Waals surface area contributed by atoms with Crippen molar-refractivity contribution >= 4 is 21.2 Å². The van der Waals surface area contributed by atoms with Crippen LogP contribution >= 0.6 is 0 Å². The third-order valence-electron chi connectivity index (χ3n) is 3.71. The van der Waals surface area contributed by atoms with Gasteiger partial charge in [0.2, 0.25) is 0 Å². The molecule has 22 heavy (non-hydrogen) atoms. The van der Waals surface area contributed by atoms with Crippen molar-refractivity contribution in [1.29, 1.82) is 0 Å². The molecule has 2 heterocycles. The van der Waals surface area contributed by atoms with Gasteiger partial charge in [0.1, 0.15) is 5.69 Å². The van der Waals surface area contributed by atoms with Crippen molar-refractivity contribution < 1.29 is 13.3 Å². The van der Waals surface area contributed by atoms with Gasteiger partial charge in [-0.3, -0.25) is 15.2 Å². The van der Waals surface area contributed by atoms with E-state index in [0.717, 1.165) is 23.6 Å². The molecule has 0 unspecified atom stereocenters. The van der Waals surface area contributed by atoms with E-state index in [0.29, 0.717) is 25.2 Å². The predicted molar refractivity (Wildman–Crippen MR) is 79.5 cm³/mol. The monoisotopic (exact) mass is 322 g/mol. The number of nitro groups is 1. The zero-order valence-corrected chi connectivity index (χ0v) is 12.6. The highest BCUT2D eigenvalue weighted by atomic mass is 32.2. The second-order valence-electron chi connectivity index (χ2n) is 5.23. The van der Waals surface area contributed by atoms with Crippen LogP contribution in [0.1, 0.15) is 11.3 Å². The quantitative estimate of drug-likeness (QED) is 0.673. The van der Waals surface area contributed by atoms with Crippen LogP contribution in [-0.4, -0.2) is 36.3 Å².